The number of aromatic nitrogens is 2. The second kappa shape index (κ2) is 29.6. The topological polar surface area (TPSA) is 17.8 Å². The van der Waals surface area contributed by atoms with Gasteiger partial charge in [-0.1, -0.05) is 406 Å². The Balaban J connectivity index is 0.814. The summed E-state index contributed by atoms with van der Waals surface area (Å²) in [5.41, 5.74) is 31.2. The summed E-state index contributed by atoms with van der Waals surface area (Å²) in [4.78, 5) is 5.60. The minimum atomic E-state index is 0.241. The van der Waals surface area contributed by atoms with Crippen LogP contribution in [0, 0.1) is 0 Å². The van der Waals surface area contributed by atoms with Crippen molar-refractivity contribution < 1.29 is 0 Å². The zero-order chi connectivity index (χ0) is 81.0. The maximum atomic E-state index is 5.60. The van der Waals surface area contributed by atoms with Gasteiger partial charge in [-0.05, 0) is 269 Å². The van der Waals surface area contributed by atoms with Crippen LogP contribution in [0.5, 0.6) is 0 Å². The van der Waals surface area contributed by atoms with Crippen LogP contribution in [-0.2, 0) is 0 Å². The lowest BCUT2D eigenvalue weighted by atomic mass is 9.73. The molecule has 0 amide bonds. The van der Waals surface area contributed by atoms with E-state index in [0.717, 1.165) is 107 Å². The molecule has 0 aliphatic heterocycles. The predicted molar refractivity (Wildman–Crippen MR) is 523 cm³/mol. The fourth-order valence-corrected chi connectivity index (χ4v) is 20.8. The van der Waals surface area contributed by atoms with Gasteiger partial charge in [0.1, 0.15) is 5.82 Å². The van der Waals surface area contributed by atoms with Crippen LogP contribution in [0.2, 0.25) is 0 Å². The Hall–Kier alpha value is -15.9. The van der Waals surface area contributed by atoms with E-state index in [-0.39, 0.29) is 5.92 Å². The van der Waals surface area contributed by atoms with Crippen LogP contribution < -0.4 is 0 Å². The van der Waals surface area contributed by atoms with Crippen molar-refractivity contribution in [3.05, 3.63) is 472 Å². The van der Waals surface area contributed by atoms with E-state index in [2.05, 4.69) is 460 Å². The van der Waals surface area contributed by atoms with E-state index in [1.54, 1.807) is 0 Å². The van der Waals surface area contributed by atoms with Gasteiger partial charge in [-0.25, -0.2) is 4.98 Å². The molecule has 1 aromatic heterocycles. The molecule has 0 N–H and O–H groups in total. The van der Waals surface area contributed by atoms with E-state index in [1.807, 2.05) is 0 Å². The molecule has 1 atom stereocenters. The fourth-order valence-electron chi connectivity index (χ4n) is 20.8. The molecule has 0 spiro atoms. The van der Waals surface area contributed by atoms with Crippen molar-refractivity contribution in [3.63, 3.8) is 0 Å². The molecule has 123 heavy (non-hydrogen) atoms. The monoisotopic (exact) mass is 1560 g/mol. The number of para-hydroxylation sites is 3. The third kappa shape index (κ3) is 11.8. The molecule has 0 fully saturated rings. The Bertz CT molecular complexity index is 8160. The van der Waals surface area contributed by atoms with Gasteiger partial charge in [0.05, 0.1) is 11.0 Å². The van der Waals surface area contributed by atoms with Crippen LogP contribution in [0.3, 0.4) is 0 Å². The van der Waals surface area contributed by atoms with Crippen molar-refractivity contribution in [1.82, 2.24) is 9.55 Å². The average Bonchev–Trinajstić information content (AvgIpc) is 1.66. The summed E-state index contributed by atoms with van der Waals surface area (Å²) in [6.07, 6.45) is 5.82. The summed E-state index contributed by atoms with van der Waals surface area (Å²) in [7, 11) is 0. The van der Waals surface area contributed by atoms with Crippen LogP contribution in [0.4, 0.5) is 0 Å². The molecule has 23 aromatic rings. The molecule has 0 radical (unpaired) electrons. The molecule has 0 bridgehead atoms. The number of imidazole rings is 1. The first kappa shape index (κ1) is 71.3. The fraction of sp³-hybridized carbons (Fsp3) is 0.0165. The lowest BCUT2D eigenvalue weighted by Gasteiger charge is -2.29. The number of allylic oxidation sites excluding steroid dienone is 4. The Kier molecular flexibility index (Phi) is 17.1. The number of benzene rings is 22. The first-order valence-corrected chi connectivity index (χ1v) is 42.8. The standard InChI is InChI=1S/C121H78N2/c1-10-36-77(37-11-1)91-72-92(78-38-12-2-13-39-78)74-93(73-91)87-67-69-98-97-68-66-86(75-103(97)95-58-28-29-59-96(95)104(98)76-87)85-52-32-53-88(70-85)113-109(81-44-18-5-19-45-81)114(89-54-33-55-90(71-89)121-122-105-64-30-31-65-106(105)123(121)94-56-26-9-27-57-94)120-102-63-35-61-100-116(102)115-99(60-34-62-101(115)119(120)112(113)84-50-24-8-25-51-84)117-110(82-46-20-6-21-47-82)107(79-40-14-3-15-41-79)108(80-42-16-4-17-43-80)111(118(100)117)83-48-22-7-23-49-83/h1-73,75-76,92H,74H2. The smallest absolute Gasteiger partial charge is 0.145 e. The highest BCUT2D eigenvalue weighted by atomic mass is 15.1. The Morgan fingerprint density at radius 1 is 0.211 bits per heavy atom. The van der Waals surface area contributed by atoms with Crippen LogP contribution in [0.25, 0.3) is 226 Å². The molecule has 1 aliphatic carbocycles. The second-order valence-corrected chi connectivity index (χ2v) is 32.9. The average molecular weight is 1560 g/mol. The number of hydrogen-bond donors (Lipinski definition) is 0. The van der Waals surface area contributed by atoms with E-state index in [1.165, 1.54) is 142 Å². The van der Waals surface area contributed by atoms with Crippen molar-refractivity contribution in [2.45, 2.75) is 12.3 Å². The molecule has 2 nitrogen and oxygen atoms in total. The molecule has 0 saturated carbocycles. The van der Waals surface area contributed by atoms with Crippen LogP contribution >= 0.6 is 0 Å². The van der Waals surface area contributed by atoms with E-state index in [9.17, 15) is 0 Å². The van der Waals surface area contributed by atoms with Crippen molar-refractivity contribution in [2.75, 3.05) is 0 Å². The van der Waals surface area contributed by atoms with Gasteiger partial charge in [0.15, 0.2) is 0 Å². The predicted octanol–water partition coefficient (Wildman–Crippen LogP) is 33.0. The molecule has 2 heteroatoms. The Morgan fingerprint density at radius 3 is 1.01 bits per heavy atom. The molecule has 0 saturated heterocycles. The molecular formula is C121H78N2. The van der Waals surface area contributed by atoms with Crippen molar-refractivity contribution in [2.24, 2.45) is 0 Å². The lowest BCUT2D eigenvalue weighted by Crippen LogP contribution is -2.04. The molecule has 22 aromatic carbocycles. The largest absolute Gasteiger partial charge is 0.292 e. The quantitative estimate of drug-likeness (QED) is 0.0784. The summed E-state index contributed by atoms with van der Waals surface area (Å²) in [6.45, 7) is 0. The maximum absolute atomic E-state index is 5.60. The SMILES string of the molecule is C1=C(c2ccccc2)C=C(c2ccc3c4ccc(-c5cccc(-c6c(-c7ccccc7)c(-c7cccc(-c8nc9ccccc9n8-c8ccccc8)c7)c7c8cccc9c%10c(-c%11ccccc%11)c(-c%11ccccc%11)c(-c%11ccccc%11)c(-c%11ccccc%11)c%10c%10cccc(c7c6-c6ccccc6)c%10c98)c5)cc4c4ccccc4c3c2)CC1c1ccccc1. The lowest BCUT2D eigenvalue weighted by molar-refractivity contribution is 0.871. The number of fused-ring (bicyclic) bond motifs is 13. The first-order chi connectivity index (χ1) is 61.1. The zero-order valence-corrected chi connectivity index (χ0v) is 67.5. The van der Waals surface area contributed by atoms with Gasteiger partial charge in [-0.15, -0.1) is 0 Å². The summed E-state index contributed by atoms with van der Waals surface area (Å²) in [5.74, 6) is 1.11. The van der Waals surface area contributed by atoms with E-state index in [0.29, 0.717) is 0 Å². The summed E-state index contributed by atoms with van der Waals surface area (Å²) in [6, 6.07) is 166. The van der Waals surface area contributed by atoms with Crippen LogP contribution in [-0.4, -0.2) is 9.55 Å². The first-order valence-electron chi connectivity index (χ1n) is 42.8. The van der Waals surface area contributed by atoms with Crippen molar-refractivity contribution in [1.29, 1.82) is 0 Å². The van der Waals surface area contributed by atoms with Gasteiger partial charge in [-0.2, -0.15) is 0 Å². The normalized spacial score (nSPS) is 13.0. The second-order valence-electron chi connectivity index (χ2n) is 32.9. The number of hydrogen-bond acceptors (Lipinski definition) is 1. The highest BCUT2D eigenvalue weighted by Crippen LogP contribution is 2.61. The molecule has 1 unspecified atom stereocenters. The molecule has 572 valence electrons. The minimum Gasteiger partial charge on any atom is -0.292 e. The van der Waals surface area contributed by atoms with Gasteiger partial charge in [0, 0.05) is 17.2 Å². The number of rotatable bonds is 14. The van der Waals surface area contributed by atoms with E-state index >= 15 is 0 Å². The molecular weight excluding hydrogens is 1480 g/mol. The van der Waals surface area contributed by atoms with Gasteiger partial charge < -0.3 is 0 Å². The van der Waals surface area contributed by atoms with Crippen LogP contribution in [0.1, 0.15) is 29.0 Å². The molecule has 1 heterocycles. The van der Waals surface area contributed by atoms with Gasteiger partial charge >= 0.3 is 0 Å². The summed E-state index contributed by atoms with van der Waals surface area (Å²) < 4.78 is 2.34. The van der Waals surface area contributed by atoms with Crippen molar-refractivity contribution in [3.8, 4) is 117 Å². The van der Waals surface area contributed by atoms with Crippen molar-refractivity contribution >= 4 is 108 Å². The van der Waals surface area contributed by atoms with E-state index < -0.39 is 0 Å². The highest BCUT2D eigenvalue weighted by molar-refractivity contribution is 6.47. The third-order valence-corrected chi connectivity index (χ3v) is 26.0. The van der Waals surface area contributed by atoms with Gasteiger partial charge in [-0.3, -0.25) is 4.57 Å². The Morgan fingerprint density at radius 2 is 0.528 bits per heavy atom. The minimum absolute atomic E-state index is 0.241. The summed E-state index contributed by atoms with van der Waals surface area (Å²) >= 11 is 0. The molecule has 24 rings (SSSR count). The molecule has 1 aliphatic rings. The van der Waals surface area contributed by atoms with E-state index in [4.69, 9.17) is 4.98 Å². The third-order valence-electron chi connectivity index (χ3n) is 26.0. The maximum Gasteiger partial charge on any atom is 0.145 e. The van der Waals surface area contributed by atoms with Crippen LogP contribution in [0.15, 0.2) is 455 Å². The Labute approximate surface area is 714 Å². The summed E-state index contributed by atoms with van der Waals surface area (Å²) in [5, 5.41) is 19.5. The van der Waals surface area contributed by atoms with Gasteiger partial charge in [0.2, 0.25) is 0 Å². The van der Waals surface area contributed by atoms with Gasteiger partial charge in [0.25, 0.3) is 0 Å². The zero-order valence-electron chi connectivity index (χ0n) is 67.5. The highest BCUT2D eigenvalue weighted by Gasteiger charge is 2.34. The number of nitrogens with zero attached hydrogens (tertiary/aromatic N) is 2.